The molecule has 0 saturated heterocycles. The largest absolute Gasteiger partial charge is 0.481 e. The van der Waals surface area contributed by atoms with Crippen LogP contribution in [-0.2, 0) is 11.2 Å². The molecule has 1 N–H and O–H groups in total. The summed E-state index contributed by atoms with van der Waals surface area (Å²) in [6.45, 7) is 3.36. The van der Waals surface area contributed by atoms with Crippen molar-refractivity contribution >= 4 is 11.7 Å². The highest BCUT2D eigenvalue weighted by atomic mass is 19.1. The van der Waals surface area contributed by atoms with E-state index in [1.54, 1.807) is 0 Å². The number of hydrogen-bond donors (Lipinski definition) is 1. The molecule has 19 heavy (non-hydrogen) atoms. The van der Waals surface area contributed by atoms with Crippen molar-refractivity contribution in [3.63, 3.8) is 0 Å². The van der Waals surface area contributed by atoms with Crippen LogP contribution in [0.3, 0.4) is 0 Å². The van der Waals surface area contributed by atoms with Crippen molar-refractivity contribution in [1.82, 2.24) is 0 Å². The van der Waals surface area contributed by atoms with E-state index in [1.807, 2.05) is 6.92 Å². The van der Waals surface area contributed by atoms with Gasteiger partial charge in [-0.2, -0.15) is 0 Å². The lowest BCUT2D eigenvalue weighted by molar-refractivity contribution is -0.385. The Bertz CT molecular complexity index is 503. The number of hydrogen-bond acceptors (Lipinski definition) is 3. The van der Waals surface area contributed by atoms with Crippen LogP contribution in [0.15, 0.2) is 18.2 Å². The zero-order valence-electron chi connectivity index (χ0n) is 10.9. The molecule has 0 radical (unpaired) electrons. The molecule has 0 saturated carbocycles. The summed E-state index contributed by atoms with van der Waals surface area (Å²) in [5.74, 6) is -1.64. The van der Waals surface area contributed by atoms with E-state index in [2.05, 4.69) is 0 Å². The number of benzene rings is 1. The summed E-state index contributed by atoms with van der Waals surface area (Å²) in [6, 6.07) is 3.10. The summed E-state index contributed by atoms with van der Waals surface area (Å²) in [6.07, 6.45) is 0.937. The Morgan fingerprint density at radius 2 is 2.16 bits per heavy atom. The van der Waals surface area contributed by atoms with E-state index in [0.717, 1.165) is 18.2 Å². The van der Waals surface area contributed by atoms with Crippen molar-refractivity contribution in [2.45, 2.75) is 33.1 Å². The topological polar surface area (TPSA) is 80.4 Å². The number of nitro groups is 1. The highest BCUT2D eigenvalue weighted by Gasteiger charge is 2.34. The summed E-state index contributed by atoms with van der Waals surface area (Å²) >= 11 is 0. The van der Waals surface area contributed by atoms with Gasteiger partial charge < -0.3 is 5.11 Å². The molecule has 0 aliphatic carbocycles. The predicted octanol–water partition coefficient (Wildman–Crippen LogP) is 3.17. The molecule has 1 rings (SSSR count). The third-order valence-electron chi connectivity index (χ3n) is 3.14. The number of halogens is 1. The second-order valence-corrected chi connectivity index (χ2v) is 4.82. The van der Waals surface area contributed by atoms with E-state index in [-0.39, 0.29) is 17.7 Å². The van der Waals surface area contributed by atoms with Gasteiger partial charge in [0, 0.05) is 11.6 Å². The SMILES string of the molecule is CCCC(C)(Cc1cc(F)ccc1[N+](=O)[O-])C(=O)O. The van der Waals surface area contributed by atoms with Gasteiger partial charge >= 0.3 is 5.97 Å². The number of carboxylic acid groups (broad SMARTS) is 1. The number of rotatable bonds is 6. The number of nitro benzene ring substituents is 1. The number of aliphatic carboxylic acids is 1. The fourth-order valence-electron chi connectivity index (χ4n) is 2.12. The fourth-order valence-corrected chi connectivity index (χ4v) is 2.12. The van der Waals surface area contributed by atoms with Crippen molar-refractivity contribution in [2.24, 2.45) is 5.41 Å². The van der Waals surface area contributed by atoms with Crippen LogP contribution in [0.5, 0.6) is 0 Å². The van der Waals surface area contributed by atoms with Crippen molar-refractivity contribution in [2.75, 3.05) is 0 Å². The molecule has 0 amide bonds. The molecular formula is C13H16FNO4. The quantitative estimate of drug-likeness (QED) is 0.635. The van der Waals surface area contributed by atoms with Gasteiger partial charge in [-0.3, -0.25) is 14.9 Å². The molecule has 0 heterocycles. The summed E-state index contributed by atoms with van der Waals surface area (Å²) in [7, 11) is 0. The van der Waals surface area contributed by atoms with Crippen LogP contribution in [0, 0.1) is 21.3 Å². The minimum absolute atomic E-state index is 0.0652. The fraction of sp³-hybridized carbons (Fsp3) is 0.462. The smallest absolute Gasteiger partial charge is 0.309 e. The van der Waals surface area contributed by atoms with Gasteiger partial charge in [0.1, 0.15) is 5.82 Å². The molecule has 1 atom stereocenters. The lowest BCUT2D eigenvalue weighted by Gasteiger charge is -2.24. The Labute approximate surface area is 110 Å². The first-order chi connectivity index (χ1) is 8.80. The number of carboxylic acids is 1. The van der Waals surface area contributed by atoms with Gasteiger partial charge in [-0.1, -0.05) is 13.3 Å². The van der Waals surface area contributed by atoms with Crippen LogP contribution in [0.1, 0.15) is 32.3 Å². The maximum absolute atomic E-state index is 13.2. The lowest BCUT2D eigenvalue weighted by Crippen LogP contribution is -2.30. The molecule has 104 valence electrons. The summed E-state index contributed by atoms with van der Waals surface area (Å²) in [5.41, 5.74) is -1.26. The molecule has 1 unspecified atom stereocenters. The molecule has 0 aliphatic heterocycles. The molecule has 0 aliphatic rings. The second-order valence-electron chi connectivity index (χ2n) is 4.82. The average Bonchev–Trinajstić information content (AvgIpc) is 2.28. The highest BCUT2D eigenvalue weighted by molar-refractivity contribution is 5.74. The van der Waals surface area contributed by atoms with Gasteiger partial charge in [0.2, 0.25) is 0 Å². The molecule has 0 spiro atoms. The van der Waals surface area contributed by atoms with Crippen molar-refractivity contribution in [3.05, 3.63) is 39.7 Å². The maximum Gasteiger partial charge on any atom is 0.309 e. The van der Waals surface area contributed by atoms with E-state index in [0.29, 0.717) is 12.8 Å². The zero-order valence-corrected chi connectivity index (χ0v) is 10.9. The first kappa shape index (κ1) is 15.1. The molecule has 0 bridgehead atoms. The minimum Gasteiger partial charge on any atom is -0.481 e. The number of nitrogens with zero attached hydrogens (tertiary/aromatic N) is 1. The van der Waals surface area contributed by atoms with Gasteiger partial charge in [-0.05, 0) is 31.9 Å². The van der Waals surface area contributed by atoms with Gasteiger partial charge in [0.15, 0.2) is 0 Å². The van der Waals surface area contributed by atoms with Crippen LogP contribution in [0.2, 0.25) is 0 Å². The number of carbonyl (C=O) groups is 1. The zero-order chi connectivity index (χ0) is 14.6. The summed E-state index contributed by atoms with van der Waals surface area (Å²) in [4.78, 5) is 21.6. The predicted molar refractivity (Wildman–Crippen MR) is 67.4 cm³/mol. The maximum atomic E-state index is 13.2. The first-order valence-corrected chi connectivity index (χ1v) is 5.96. The highest BCUT2D eigenvalue weighted by Crippen LogP contribution is 2.32. The van der Waals surface area contributed by atoms with E-state index < -0.39 is 22.1 Å². The van der Waals surface area contributed by atoms with Crippen LogP contribution in [-0.4, -0.2) is 16.0 Å². The second kappa shape index (κ2) is 5.77. The minimum atomic E-state index is -1.13. The standard InChI is InChI=1S/C13H16FNO4/c1-3-6-13(2,12(16)17)8-9-7-10(14)4-5-11(9)15(18)19/h4-5,7H,3,6,8H2,1-2H3,(H,16,17). The van der Waals surface area contributed by atoms with Crippen LogP contribution in [0.4, 0.5) is 10.1 Å². The molecule has 5 nitrogen and oxygen atoms in total. The first-order valence-electron chi connectivity index (χ1n) is 5.96. The Balaban J connectivity index is 3.19. The molecule has 0 aromatic heterocycles. The molecule has 0 fully saturated rings. The third kappa shape index (κ3) is 3.49. The Morgan fingerprint density at radius 1 is 1.53 bits per heavy atom. The van der Waals surface area contributed by atoms with Crippen LogP contribution >= 0.6 is 0 Å². The third-order valence-corrected chi connectivity index (χ3v) is 3.14. The van der Waals surface area contributed by atoms with E-state index in [4.69, 9.17) is 0 Å². The van der Waals surface area contributed by atoms with Crippen molar-refractivity contribution in [3.8, 4) is 0 Å². The normalized spacial score (nSPS) is 13.8. The summed E-state index contributed by atoms with van der Waals surface area (Å²) < 4.78 is 13.2. The monoisotopic (exact) mass is 269 g/mol. The van der Waals surface area contributed by atoms with E-state index in [1.165, 1.54) is 6.92 Å². The van der Waals surface area contributed by atoms with Crippen LogP contribution < -0.4 is 0 Å². The van der Waals surface area contributed by atoms with Crippen molar-refractivity contribution in [1.29, 1.82) is 0 Å². The van der Waals surface area contributed by atoms with Gasteiger partial charge in [0.05, 0.1) is 10.3 Å². The van der Waals surface area contributed by atoms with Gasteiger partial charge in [-0.15, -0.1) is 0 Å². The van der Waals surface area contributed by atoms with E-state index in [9.17, 15) is 24.4 Å². The lowest BCUT2D eigenvalue weighted by atomic mass is 9.79. The Morgan fingerprint density at radius 3 is 2.63 bits per heavy atom. The Kier molecular flexibility index (Phi) is 4.58. The van der Waals surface area contributed by atoms with Gasteiger partial charge in [0.25, 0.3) is 5.69 Å². The van der Waals surface area contributed by atoms with Crippen LogP contribution in [0.25, 0.3) is 0 Å². The molecule has 1 aromatic carbocycles. The molecular weight excluding hydrogens is 253 g/mol. The Hall–Kier alpha value is -1.98. The average molecular weight is 269 g/mol. The molecule has 1 aromatic rings. The molecule has 6 heteroatoms. The summed E-state index contributed by atoms with van der Waals surface area (Å²) in [5, 5.41) is 20.1. The van der Waals surface area contributed by atoms with Gasteiger partial charge in [-0.25, -0.2) is 4.39 Å². The van der Waals surface area contributed by atoms with E-state index >= 15 is 0 Å². The van der Waals surface area contributed by atoms with Crippen molar-refractivity contribution < 1.29 is 19.2 Å².